The highest BCUT2D eigenvalue weighted by atomic mass is 16.6. The zero-order valence-corrected chi connectivity index (χ0v) is 13.4. The minimum Gasteiger partial charge on any atom is -0.454 e. The van der Waals surface area contributed by atoms with Gasteiger partial charge >= 0.3 is 5.97 Å². The topological polar surface area (TPSA) is 96.6 Å². The molecule has 1 saturated heterocycles. The van der Waals surface area contributed by atoms with Gasteiger partial charge in [-0.2, -0.15) is 4.98 Å². The summed E-state index contributed by atoms with van der Waals surface area (Å²) in [5, 5.41) is 3.83. The molecule has 2 unspecified atom stereocenters. The zero-order chi connectivity index (χ0) is 16.8. The highest BCUT2D eigenvalue weighted by Crippen LogP contribution is 2.15. The van der Waals surface area contributed by atoms with Gasteiger partial charge in [0.2, 0.25) is 5.82 Å². The van der Waals surface area contributed by atoms with Crippen molar-refractivity contribution < 1.29 is 23.5 Å². The summed E-state index contributed by atoms with van der Waals surface area (Å²) in [5.74, 6) is 0.138. The van der Waals surface area contributed by atoms with Crippen molar-refractivity contribution in [1.82, 2.24) is 15.1 Å². The predicted molar refractivity (Wildman–Crippen MR) is 81.7 cm³/mol. The molecule has 0 N–H and O–H groups in total. The van der Waals surface area contributed by atoms with Crippen molar-refractivity contribution in [2.24, 2.45) is 0 Å². The third-order valence-electron chi connectivity index (χ3n) is 3.61. The summed E-state index contributed by atoms with van der Waals surface area (Å²) < 4.78 is 21.1. The van der Waals surface area contributed by atoms with E-state index < -0.39 is 12.1 Å². The van der Waals surface area contributed by atoms with Crippen molar-refractivity contribution in [1.29, 1.82) is 0 Å². The first kappa shape index (κ1) is 16.5. The van der Waals surface area contributed by atoms with Gasteiger partial charge in [0, 0.05) is 24.6 Å². The molecule has 0 spiro atoms. The van der Waals surface area contributed by atoms with Crippen LogP contribution in [0.2, 0.25) is 0 Å². The first-order chi connectivity index (χ1) is 11.7. The summed E-state index contributed by atoms with van der Waals surface area (Å²) in [6.45, 7) is 2.69. The maximum absolute atomic E-state index is 11.9. The van der Waals surface area contributed by atoms with Crippen LogP contribution < -0.4 is 0 Å². The summed E-state index contributed by atoms with van der Waals surface area (Å²) in [4.78, 5) is 20.1. The first-order valence-corrected chi connectivity index (χ1v) is 7.85. The second-order valence-corrected chi connectivity index (χ2v) is 5.47. The van der Waals surface area contributed by atoms with Gasteiger partial charge < -0.3 is 18.7 Å². The van der Waals surface area contributed by atoms with E-state index in [2.05, 4.69) is 15.1 Å². The maximum atomic E-state index is 11.9. The number of hydrogen-bond acceptors (Lipinski definition) is 8. The summed E-state index contributed by atoms with van der Waals surface area (Å²) in [6.07, 6.45) is 4.67. The van der Waals surface area contributed by atoms with E-state index in [9.17, 15) is 4.79 Å². The van der Waals surface area contributed by atoms with E-state index in [1.807, 2.05) is 6.07 Å². The smallest absolute Gasteiger partial charge is 0.335 e. The fourth-order valence-electron chi connectivity index (χ4n) is 2.27. The molecule has 2 aromatic heterocycles. The van der Waals surface area contributed by atoms with E-state index in [1.165, 1.54) is 0 Å². The summed E-state index contributed by atoms with van der Waals surface area (Å²) in [7, 11) is 0. The standard InChI is InChI=1S/C16H19N3O5/c1-11(22-9-13-5-3-7-21-13)16(20)23-10-14-18-15(19-24-14)12-4-2-6-17-8-12/h2,4,6,8,11,13H,3,5,7,9-10H2,1H3. The number of carbonyl (C=O) groups is 1. The van der Waals surface area contributed by atoms with Gasteiger partial charge in [-0.3, -0.25) is 4.98 Å². The molecule has 0 radical (unpaired) electrons. The normalized spacial score (nSPS) is 18.5. The number of aromatic nitrogens is 3. The molecule has 1 aliphatic heterocycles. The molecule has 0 aromatic carbocycles. The monoisotopic (exact) mass is 333 g/mol. The van der Waals surface area contributed by atoms with Crippen LogP contribution in [0.25, 0.3) is 11.4 Å². The van der Waals surface area contributed by atoms with Gasteiger partial charge in [-0.15, -0.1) is 0 Å². The molecule has 128 valence electrons. The van der Waals surface area contributed by atoms with Crippen LogP contribution in [-0.4, -0.2) is 46.5 Å². The van der Waals surface area contributed by atoms with Crippen molar-refractivity contribution in [3.63, 3.8) is 0 Å². The Balaban J connectivity index is 1.45. The van der Waals surface area contributed by atoms with Crippen LogP contribution in [-0.2, 0) is 25.6 Å². The van der Waals surface area contributed by atoms with Crippen molar-refractivity contribution in [3.8, 4) is 11.4 Å². The molecule has 2 atom stereocenters. The fraction of sp³-hybridized carbons (Fsp3) is 0.500. The largest absolute Gasteiger partial charge is 0.454 e. The Morgan fingerprint density at radius 2 is 2.42 bits per heavy atom. The lowest BCUT2D eigenvalue weighted by Crippen LogP contribution is -2.27. The van der Waals surface area contributed by atoms with Crippen LogP contribution in [0.5, 0.6) is 0 Å². The van der Waals surface area contributed by atoms with E-state index in [0.29, 0.717) is 12.4 Å². The molecule has 8 heteroatoms. The minimum absolute atomic E-state index is 0.0678. The number of rotatable bonds is 7. The van der Waals surface area contributed by atoms with Gasteiger partial charge in [-0.1, -0.05) is 5.16 Å². The lowest BCUT2D eigenvalue weighted by molar-refractivity contribution is -0.160. The van der Waals surface area contributed by atoms with Gasteiger partial charge in [0.1, 0.15) is 0 Å². The number of carbonyl (C=O) groups excluding carboxylic acids is 1. The molecule has 24 heavy (non-hydrogen) atoms. The molecule has 0 bridgehead atoms. The molecule has 8 nitrogen and oxygen atoms in total. The fourth-order valence-corrected chi connectivity index (χ4v) is 2.27. The highest BCUT2D eigenvalue weighted by Gasteiger charge is 2.21. The zero-order valence-electron chi connectivity index (χ0n) is 13.4. The van der Waals surface area contributed by atoms with E-state index in [-0.39, 0.29) is 18.6 Å². The Morgan fingerprint density at radius 1 is 1.50 bits per heavy atom. The molecule has 3 rings (SSSR count). The molecular formula is C16H19N3O5. The van der Waals surface area contributed by atoms with E-state index in [0.717, 1.165) is 25.0 Å². The Kier molecular flexibility index (Phi) is 5.50. The van der Waals surface area contributed by atoms with E-state index in [4.69, 9.17) is 18.7 Å². The second kappa shape index (κ2) is 7.98. The lowest BCUT2D eigenvalue weighted by Gasteiger charge is -2.14. The molecule has 0 amide bonds. The maximum Gasteiger partial charge on any atom is 0.335 e. The van der Waals surface area contributed by atoms with Gasteiger partial charge in [0.15, 0.2) is 12.7 Å². The van der Waals surface area contributed by atoms with Crippen LogP contribution in [0.3, 0.4) is 0 Å². The quantitative estimate of drug-likeness (QED) is 0.707. The third kappa shape index (κ3) is 4.36. The Morgan fingerprint density at radius 3 is 3.17 bits per heavy atom. The third-order valence-corrected chi connectivity index (χ3v) is 3.61. The van der Waals surface area contributed by atoms with Crippen LogP contribution >= 0.6 is 0 Å². The van der Waals surface area contributed by atoms with Gasteiger partial charge in [-0.05, 0) is 31.9 Å². The number of hydrogen-bond donors (Lipinski definition) is 0. The number of nitrogens with zero attached hydrogens (tertiary/aromatic N) is 3. The highest BCUT2D eigenvalue weighted by molar-refractivity contribution is 5.74. The molecule has 1 aliphatic rings. The van der Waals surface area contributed by atoms with E-state index in [1.54, 1.807) is 25.4 Å². The summed E-state index contributed by atoms with van der Waals surface area (Å²) >= 11 is 0. The Hall–Kier alpha value is -2.32. The minimum atomic E-state index is -0.671. The Bertz CT molecular complexity index is 655. The average molecular weight is 333 g/mol. The summed E-state index contributed by atoms with van der Waals surface area (Å²) in [6, 6.07) is 3.59. The number of esters is 1. The SMILES string of the molecule is CC(OCC1CCCO1)C(=O)OCc1nc(-c2cccnc2)no1. The average Bonchev–Trinajstić information content (AvgIpc) is 3.30. The van der Waals surface area contributed by atoms with Crippen LogP contribution in [0.4, 0.5) is 0 Å². The molecular weight excluding hydrogens is 314 g/mol. The molecule has 0 aliphatic carbocycles. The molecule has 1 fully saturated rings. The van der Waals surface area contributed by atoms with Crippen molar-refractivity contribution >= 4 is 5.97 Å². The van der Waals surface area contributed by atoms with Crippen molar-refractivity contribution in [2.75, 3.05) is 13.2 Å². The van der Waals surface area contributed by atoms with Gasteiger partial charge in [-0.25, -0.2) is 4.79 Å². The van der Waals surface area contributed by atoms with Crippen molar-refractivity contribution in [2.45, 2.75) is 38.6 Å². The Labute approximate surface area is 139 Å². The summed E-state index contributed by atoms with van der Waals surface area (Å²) in [5.41, 5.74) is 0.729. The predicted octanol–water partition coefficient (Wildman–Crippen LogP) is 1.76. The second-order valence-electron chi connectivity index (χ2n) is 5.47. The van der Waals surface area contributed by atoms with Gasteiger partial charge in [0.25, 0.3) is 5.89 Å². The molecule has 0 saturated carbocycles. The lowest BCUT2D eigenvalue weighted by atomic mass is 10.2. The molecule has 3 heterocycles. The van der Waals surface area contributed by atoms with Crippen LogP contribution in [0.1, 0.15) is 25.7 Å². The van der Waals surface area contributed by atoms with Crippen molar-refractivity contribution in [3.05, 3.63) is 30.4 Å². The number of pyridine rings is 1. The van der Waals surface area contributed by atoms with E-state index >= 15 is 0 Å². The molecule has 2 aromatic rings. The van der Waals surface area contributed by atoms with Crippen LogP contribution in [0.15, 0.2) is 29.0 Å². The van der Waals surface area contributed by atoms with Crippen LogP contribution in [0, 0.1) is 0 Å². The number of ether oxygens (including phenoxy) is 3. The first-order valence-electron chi connectivity index (χ1n) is 7.85. The van der Waals surface area contributed by atoms with Gasteiger partial charge in [0.05, 0.1) is 12.7 Å².